The average Bonchev–Trinajstić information content (AvgIpc) is 2.75. The second-order valence-electron chi connectivity index (χ2n) is 3.61. The van der Waals surface area contributed by atoms with Gasteiger partial charge in [0.15, 0.2) is 0 Å². The van der Waals surface area contributed by atoms with Gasteiger partial charge in [-0.2, -0.15) is 8.42 Å². The summed E-state index contributed by atoms with van der Waals surface area (Å²) < 4.78 is 35.0. The van der Waals surface area contributed by atoms with E-state index < -0.39 is 15.2 Å². The monoisotopic (exact) mass is 297 g/mol. The van der Waals surface area contributed by atoms with E-state index in [1.54, 1.807) is 0 Å². The van der Waals surface area contributed by atoms with Crippen molar-refractivity contribution in [1.29, 1.82) is 0 Å². The van der Waals surface area contributed by atoms with Gasteiger partial charge in [0.25, 0.3) is 0 Å². The Labute approximate surface area is 134 Å². The number of hydrogen-bond donors (Lipinski definition) is 2. The molecular formula is C11H16NNaO5S. The zero-order valence-electron chi connectivity index (χ0n) is 9.92. The average molecular weight is 297 g/mol. The molecule has 1 heterocycles. The van der Waals surface area contributed by atoms with Crippen molar-refractivity contribution in [2.24, 2.45) is 0 Å². The third kappa shape index (κ3) is 6.93. The Balaban J connectivity index is 0.00000324. The summed E-state index contributed by atoms with van der Waals surface area (Å²) in [5, 5.41) is 2.11. The zero-order valence-corrected chi connectivity index (χ0v) is 10.7. The van der Waals surface area contributed by atoms with Crippen LogP contribution < -0.4 is 5.32 Å². The number of nitrogens with one attached hydrogen (secondary N) is 1. The first kappa shape index (κ1) is 18.4. The predicted molar refractivity (Wildman–Crippen MR) is 72.6 cm³/mol. The van der Waals surface area contributed by atoms with Gasteiger partial charge in [0, 0.05) is 12.6 Å². The topological polar surface area (TPSA) is 96.6 Å². The fourth-order valence-corrected chi connectivity index (χ4v) is 1.61. The first-order chi connectivity index (χ1) is 8.43. The first-order valence-corrected chi connectivity index (χ1v) is 6.90. The summed E-state index contributed by atoms with van der Waals surface area (Å²) in [7, 11) is -4.34. The Morgan fingerprint density at radius 2 is 2.16 bits per heavy atom. The van der Waals surface area contributed by atoms with Crippen LogP contribution >= 0.6 is 0 Å². The molecule has 0 aromatic carbocycles. The molecule has 0 aliphatic heterocycles. The van der Waals surface area contributed by atoms with Gasteiger partial charge in [-0.15, -0.1) is 0 Å². The molecule has 0 atom stereocenters. The number of unbranched alkanes of at least 4 members (excludes halogenated alkanes) is 1. The molecule has 0 saturated heterocycles. The van der Waals surface area contributed by atoms with Crippen molar-refractivity contribution in [3.63, 3.8) is 0 Å². The maximum absolute atomic E-state index is 11.3. The van der Waals surface area contributed by atoms with Crippen LogP contribution in [0.25, 0.3) is 6.08 Å². The number of rotatable bonds is 6. The predicted octanol–water partition coefficient (Wildman–Crippen LogP) is 0.807. The molecule has 1 aromatic rings. The van der Waals surface area contributed by atoms with Crippen LogP contribution in [0, 0.1) is 0 Å². The number of furan rings is 1. The summed E-state index contributed by atoms with van der Waals surface area (Å²) in [4.78, 5) is 11.3. The van der Waals surface area contributed by atoms with Crippen molar-refractivity contribution < 1.29 is 22.2 Å². The molecule has 0 saturated carbocycles. The third-order valence-electron chi connectivity index (χ3n) is 2.08. The van der Waals surface area contributed by atoms with Gasteiger partial charge in [-0.3, -0.25) is 9.35 Å². The van der Waals surface area contributed by atoms with Crippen LogP contribution in [0.1, 0.15) is 25.5 Å². The molecule has 6 nitrogen and oxygen atoms in total. The summed E-state index contributed by atoms with van der Waals surface area (Å²) in [6.07, 6.45) is 4.45. The SMILES string of the molecule is CCCCNC(=O)/C=C/c1ccc(S(=O)(=O)O)o1.[NaH]. The molecule has 1 rings (SSSR count). The van der Waals surface area contributed by atoms with Crippen LogP contribution in [0.15, 0.2) is 27.7 Å². The van der Waals surface area contributed by atoms with Crippen molar-refractivity contribution in [3.8, 4) is 0 Å². The number of carbonyl (C=O) groups is 1. The van der Waals surface area contributed by atoms with E-state index in [2.05, 4.69) is 5.32 Å². The number of carbonyl (C=O) groups excluding carboxylic acids is 1. The van der Waals surface area contributed by atoms with Crippen molar-refractivity contribution in [2.45, 2.75) is 24.9 Å². The molecule has 0 spiro atoms. The summed E-state index contributed by atoms with van der Waals surface area (Å²) in [6, 6.07) is 2.46. The quantitative estimate of drug-likeness (QED) is 0.350. The van der Waals surface area contributed by atoms with E-state index in [-0.39, 0.29) is 41.2 Å². The van der Waals surface area contributed by atoms with Crippen LogP contribution in [-0.2, 0) is 14.9 Å². The van der Waals surface area contributed by atoms with Gasteiger partial charge in [0.05, 0.1) is 0 Å². The standard InChI is InChI=1S/C11H15NO5S.Na.H/c1-2-3-8-12-10(13)6-4-9-5-7-11(17-9)18(14,15)16;;/h4-7H,2-3,8H2,1H3,(H,12,13)(H,14,15,16);;/b6-4+;;. The van der Waals surface area contributed by atoms with Gasteiger partial charge < -0.3 is 9.73 Å². The molecule has 0 aliphatic carbocycles. The second kappa shape index (κ2) is 8.55. The van der Waals surface area contributed by atoms with Crippen LogP contribution in [0.3, 0.4) is 0 Å². The van der Waals surface area contributed by atoms with Crippen molar-refractivity contribution in [1.82, 2.24) is 5.32 Å². The van der Waals surface area contributed by atoms with Gasteiger partial charge in [-0.1, -0.05) is 13.3 Å². The fourth-order valence-electron chi connectivity index (χ4n) is 1.17. The summed E-state index contributed by atoms with van der Waals surface area (Å²) in [6.45, 7) is 2.61. The van der Waals surface area contributed by atoms with Crippen LogP contribution in [0.4, 0.5) is 0 Å². The first-order valence-electron chi connectivity index (χ1n) is 5.46. The van der Waals surface area contributed by atoms with E-state index in [0.29, 0.717) is 6.54 Å². The summed E-state index contributed by atoms with van der Waals surface area (Å²) in [5.41, 5.74) is 0. The maximum atomic E-state index is 11.3. The van der Waals surface area contributed by atoms with Gasteiger partial charge >= 0.3 is 39.7 Å². The molecule has 2 N–H and O–H groups in total. The molecule has 0 radical (unpaired) electrons. The van der Waals surface area contributed by atoms with Gasteiger partial charge in [-0.05, 0) is 24.6 Å². The molecule has 0 bridgehead atoms. The second-order valence-corrected chi connectivity index (χ2v) is 4.96. The number of amides is 1. The van der Waals surface area contributed by atoms with E-state index in [4.69, 9.17) is 8.97 Å². The van der Waals surface area contributed by atoms with Crippen molar-refractivity contribution >= 4 is 51.7 Å². The molecule has 0 fully saturated rings. The molecule has 0 unspecified atom stereocenters. The number of hydrogen-bond acceptors (Lipinski definition) is 4. The summed E-state index contributed by atoms with van der Waals surface area (Å²) in [5.74, 6) is -0.110. The van der Waals surface area contributed by atoms with Gasteiger partial charge in [0.1, 0.15) is 5.76 Å². The van der Waals surface area contributed by atoms with Crippen molar-refractivity contribution in [2.75, 3.05) is 6.54 Å². The molecule has 0 aliphatic rings. The van der Waals surface area contributed by atoms with Crippen LogP contribution in [-0.4, -0.2) is 55.0 Å². The molecule has 1 aromatic heterocycles. The van der Waals surface area contributed by atoms with E-state index >= 15 is 0 Å². The minimum absolute atomic E-state index is 0. The normalized spacial score (nSPS) is 11.3. The Kier molecular flexibility index (Phi) is 8.28. The van der Waals surface area contributed by atoms with Gasteiger partial charge in [-0.25, -0.2) is 0 Å². The molecule has 8 heteroatoms. The molecular weight excluding hydrogens is 281 g/mol. The Bertz CT molecular complexity index is 535. The Morgan fingerprint density at radius 1 is 1.47 bits per heavy atom. The Hall–Kier alpha value is -0.600. The molecule has 19 heavy (non-hydrogen) atoms. The molecule has 1 amide bonds. The zero-order chi connectivity index (χ0) is 13.6. The van der Waals surface area contributed by atoms with E-state index in [9.17, 15) is 13.2 Å². The third-order valence-corrected chi connectivity index (χ3v) is 2.81. The van der Waals surface area contributed by atoms with E-state index in [0.717, 1.165) is 18.9 Å². The molecule has 102 valence electrons. The van der Waals surface area contributed by atoms with Gasteiger partial charge in [0.2, 0.25) is 11.0 Å². The van der Waals surface area contributed by atoms with E-state index in [1.165, 1.54) is 18.2 Å². The summed E-state index contributed by atoms with van der Waals surface area (Å²) >= 11 is 0. The minimum atomic E-state index is -4.34. The van der Waals surface area contributed by atoms with Crippen LogP contribution in [0.2, 0.25) is 0 Å². The van der Waals surface area contributed by atoms with E-state index in [1.807, 2.05) is 6.92 Å². The van der Waals surface area contributed by atoms with Crippen molar-refractivity contribution in [3.05, 3.63) is 24.0 Å². The Morgan fingerprint density at radius 3 is 2.68 bits per heavy atom. The van der Waals surface area contributed by atoms with Crippen LogP contribution in [0.5, 0.6) is 0 Å². The fraction of sp³-hybridized carbons (Fsp3) is 0.364.